The number of amides is 1. The van der Waals surface area contributed by atoms with E-state index in [4.69, 9.17) is 4.74 Å². The fraction of sp³-hybridized carbons (Fsp3) is 0.619. The van der Waals surface area contributed by atoms with Crippen molar-refractivity contribution >= 4 is 11.9 Å². The molecule has 0 aromatic heterocycles. The molecule has 1 rings (SSSR count). The van der Waals surface area contributed by atoms with Gasteiger partial charge in [0.2, 0.25) is 5.91 Å². The summed E-state index contributed by atoms with van der Waals surface area (Å²) < 4.78 is 4.79. The average molecular weight is 347 g/mol. The van der Waals surface area contributed by atoms with Gasteiger partial charge in [0.1, 0.15) is 0 Å². The Morgan fingerprint density at radius 2 is 1.76 bits per heavy atom. The highest BCUT2D eigenvalue weighted by Crippen LogP contribution is 2.12. The minimum atomic E-state index is -0.293. The molecular formula is C21H33NO3. The molecule has 1 amide bonds. The third kappa shape index (κ3) is 8.19. The molecule has 0 bridgehead atoms. The predicted molar refractivity (Wildman–Crippen MR) is 101 cm³/mol. The molecule has 0 aliphatic heterocycles. The first-order valence-electron chi connectivity index (χ1n) is 9.24. The van der Waals surface area contributed by atoms with Gasteiger partial charge in [0.05, 0.1) is 13.0 Å². The van der Waals surface area contributed by atoms with E-state index in [1.165, 1.54) is 18.2 Å². The van der Waals surface area contributed by atoms with E-state index < -0.39 is 0 Å². The van der Waals surface area contributed by atoms with Crippen molar-refractivity contribution < 1.29 is 14.3 Å². The van der Waals surface area contributed by atoms with Gasteiger partial charge < -0.3 is 9.64 Å². The smallest absolute Gasteiger partial charge is 0.310 e. The molecule has 0 spiro atoms. The molecule has 0 saturated heterocycles. The number of aryl methyl sites for hydroxylation is 2. The van der Waals surface area contributed by atoms with Gasteiger partial charge in [-0.25, -0.2) is 0 Å². The van der Waals surface area contributed by atoms with E-state index in [0.29, 0.717) is 25.4 Å². The molecule has 0 aliphatic carbocycles. The normalized spacial score (nSPS) is 12.1. The third-order valence-corrected chi connectivity index (χ3v) is 4.40. The quantitative estimate of drug-likeness (QED) is 0.601. The number of ether oxygens (including phenoxy) is 1. The Morgan fingerprint density at radius 1 is 1.12 bits per heavy atom. The Hall–Kier alpha value is -1.84. The maximum absolute atomic E-state index is 12.6. The van der Waals surface area contributed by atoms with E-state index in [1.807, 2.05) is 11.8 Å². The first kappa shape index (κ1) is 21.2. The Labute approximate surface area is 152 Å². The fourth-order valence-electron chi connectivity index (χ4n) is 2.69. The van der Waals surface area contributed by atoms with Crippen molar-refractivity contribution in [3.63, 3.8) is 0 Å². The van der Waals surface area contributed by atoms with Gasteiger partial charge in [0, 0.05) is 19.5 Å². The lowest BCUT2D eigenvalue weighted by Gasteiger charge is -2.26. The second-order valence-corrected chi connectivity index (χ2v) is 7.29. The number of benzene rings is 1. The van der Waals surface area contributed by atoms with Gasteiger partial charge in [-0.15, -0.1) is 0 Å². The number of carbonyl (C=O) groups excluding carboxylic acids is 2. The van der Waals surface area contributed by atoms with Crippen LogP contribution >= 0.6 is 0 Å². The van der Waals surface area contributed by atoms with Crippen LogP contribution < -0.4 is 0 Å². The second kappa shape index (κ2) is 10.9. The molecule has 4 heteroatoms. The summed E-state index contributed by atoms with van der Waals surface area (Å²) >= 11 is 0. The molecule has 25 heavy (non-hydrogen) atoms. The highest BCUT2D eigenvalue weighted by molar-refractivity contribution is 5.78. The van der Waals surface area contributed by atoms with Gasteiger partial charge in [-0.2, -0.15) is 0 Å². The van der Waals surface area contributed by atoms with Crippen LogP contribution in [0.4, 0.5) is 0 Å². The molecule has 1 unspecified atom stereocenters. The predicted octanol–water partition coefficient (Wildman–Crippen LogP) is 4.00. The van der Waals surface area contributed by atoms with Gasteiger partial charge in [-0.3, -0.25) is 9.59 Å². The van der Waals surface area contributed by atoms with Crippen LogP contribution in [0.15, 0.2) is 24.3 Å². The van der Waals surface area contributed by atoms with Crippen molar-refractivity contribution in [2.75, 3.05) is 20.2 Å². The third-order valence-electron chi connectivity index (χ3n) is 4.40. The zero-order valence-corrected chi connectivity index (χ0v) is 16.4. The summed E-state index contributed by atoms with van der Waals surface area (Å²) in [4.78, 5) is 26.1. The zero-order valence-electron chi connectivity index (χ0n) is 16.4. The summed E-state index contributed by atoms with van der Waals surface area (Å²) in [7, 11) is 1.39. The van der Waals surface area contributed by atoms with Crippen molar-refractivity contribution in [2.24, 2.45) is 11.8 Å². The standard InChI is InChI=1S/C21H33NO3/c1-16(2)13-14-22(15-18(4)21(24)25-5)20(23)8-6-7-19-11-9-17(3)10-12-19/h9-12,16,18H,6-8,13-15H2,1-5H3. The van der Waals surface area contributed by atoms with Crippen molar-refractivity contribution in [3.8, 4) is 0 Å². The minimum absolute atomic E-state index is 0.128. The fourth-order valence-corrected chi connectivity index (χ4v) is 2.69. The molecule has 0 radical (unpaired) electrons. The molecule has 1 atom stereocenters. The monoisotopic (exact) mass is 347 g/mol. The minimum Gasteiger partial charge on any atom is -0.469 e. The summed E-state index contributed by atoms with van der Waals surface area (Å²) in [5.41, 5.74) is 2.51. The lowest BCUT2D eigenvalue weighted by Crippen LogP contribution is -2.38. The van der Waals surface area contributed by atoms with E-state index in [2.05, 4.69) is 45.0 Å². The molecule has 4 nitrogen and oxygen atoms in total. The topological polar surface area (TPSA) is 46.6 Å². The molecule has 0 saturated carbocycles. The second-order valence-electron chi connectivity index (χ2n) is 7.29. The SMILES string of the molecule is COC(=O)C(C)CN(CCC(C)C)C(=O)CCCc1ccc(C)cc1. The van der Waals surface area contributed by atoms with Crippen molar-refractivity contribution in [3.05, 3.63) is 35.4 Å². The Bertz CT molecular complexity index is 537. The lowest BCUT2D eigenvalue weighted by atomic mass is 10.0. The van der Waals surface area contributed by atoms with E-state index in [0.717, 1.165) is 19.3 Å². The van der Waals surface area contributed by atoms with E-state index in [9.17, 15) is 9.59 Å². The summed E-state index contributed by atoms with van der Waals surface area (Å²) in [6.07, 6.45) is 3.18. The molecule has 0 fully saturated rings. The van der Waals surface area contributed by atoms with E-state index in [-0.39, 0.29) is 17.8 Å². The summed E-state index contributed by atoms with van der Waals surface area (Å²) in [6.45, 7) is 9.30. The molecule has 1 aromatic carbocycles. The summed E-state index contributed by atoms with van der Waals surface area (Å²) in [6, 6.07) is 8.44. The molecule has 0 N–H and O–H groups in total. The van der Waals surface area contributed by atoms with E-state index in [1.54, 1.807) is 0 Å². The maximum Gasteiger partial charge on any atom is 0.310 e. The number of carbonyl (C=O) groups is 2. The van der Waals surface area contributed by atoms with Crippen LogP contribution in [-0.2, 0) is 20.7 Å². The van der Waals surface area contributed by atoms with Gasteiger partial charge in [-0.05, 0) is 37.7 Å². The maximum atomic E-state index is 12.6. The molecule has 1 aromatic rings. The number of methoxy groups -OCH3 is 1. The first-order chi connectivity index (χ1) is 11.8. The number of esters is 1. The van der Waals surface area contributed by atoms with Gasteiger partial charge in [-0.1, -0.05) is 50.6 Å². The Morgan fingerprint density at radius 3 is 2.32 bits per heavy atom. The number of nitrogens with zero attached hydrogens (tertiary/aromatic N) is 1. The average Bonchev–Trinajstić information content (AvgIpc) is 2.58. The van der Waals surface area contributed by atoms with Crippen LogP contribution in [-0.4, -0.2) is 37.0 Å². The van der Waals surface area contributed by atoms with Crippen molar-refractivity contribution in [2.45, 2.75) is 53.4 Å². The summed E-state index contributed by atoms with van der Waals surface area (Å²) in [5, 5.41) is 0. The van der Waals surface area contributed by atoms with Crippen LogP contribution in [0.25, 0.3) is 0 Å². The van der Waals surface area contributed by atoms with Crippen molar-refractivity contribution in [1.29, 1.82) is 0 Å². The number of hydrogen-bond donors (Lipinski definition) is 0. The molecule has 0 heterocycles. The van der Waals surface area contributed by atoms with Crippen molar-refractivity contribution in [1.82, 2.24) is 4.90 Å². The molecule has 140 valence electrons. The lowest BCUT2D eigenvalue weighted by molar-refractivity contribution is -0.146. The summed E-state index contributed by atoms with van der Waals surface area (Å²) in [5.74, 6) is 0.0972. The first-order valence-corrected chi connectivity index (χ1v) is 9.24. The highest BCUT2D eigenvalue weighted by Gasteiger charge is 2.21. The van der Waals surface area contributed by atoms with Crippen LogP contribution in [0.3, 0.4) is 0 Å². The molecular weight excluding hydrogens is 314 g/mol. The Balaban J connectivity index is 2.55. The van der Waals surface area contributed by atoms with Gasteiger partial charge in [0.25, 0.3) is 0 Å². The zero-order chi connectivity index (χ0) is 18.8. The van der Waals surface area contributed by atoms with Crippen LogP contribution in [0.1, 0.15) is 51.2 Å². The number of hydrogen-bond acceptors (Lipinski definition) is 3. The van der Waals surface area contributed by atoms with Gasteiger partial charge >= 0.3 is 5.97 Å². The molecule has 0 aliphatic rings. The van der Waals surface area contributed by atoms with Crippen LogP contribution in [0.2, 0.25) is 0 Å². The van der Waals surface area contributed by atoms with Crippen LogP contribution in [0, 0.1) is 18.8 Å². The number of rotatable bonds is 10. The van der Waals surface area contributed by atoms with Crippen LogP contribution in [0.5, 0.6) is 0 Å². The Kier molecular flexibility index (Phi) is 9.25. The van der Waals surface area contributed by atoms with Gasteiger partial charge in [0.15, 0.2) is 0 Å². The van der Waals surface area contributed by atoms with E-state index >= 15 is 0 Å². The highest BCUT2D eigenvalue weighted by atomic mass is 16.5. The largest absolute Gasteiger partial charge is 0.469 e.